The summed E-state index contributed by atoms with van der Waals surface area (Å²) in [5.74, 6) is 0.850. The predicted octanol–water partition coefficient (Wildman–Crippen LogP) is 2.69. The Morgan fingerprint density at radius 3 is 2.63 bits per heavy atom. The molecule has 0 aliphatic rings. The zero-order valence-corrected chi connectivity index (χ0v) is 12.8. The Kier molecular flexibility index (Phi) is 5.83. The minimum absolute atomic E-state index is 0.448. The molecule has 2 N–H and O–H groups in total. The van der Waals surface area contributed by atoms with E-state index in [0.717, 1.165) is 24.3 Å². The minimum atomic E-state index is -0.719. The van der Waals surface area contributed by atoms with Crippen LogP contribution < -0.4 is 10.1 Å². The number of methoxy groups -OCH3 is 1. The molecule has 0 heterocycles. The van der Waals surface area contributed by atoms with Crippen molar-refractivity contribution >= 4 is 0 Å². The standard InChI is InChI=1S/C16H27NO2/c1-12(2)17-9-8-16(4,18)11-14-10-13(3)6-7-15(14)19-5/h6-7,10,12,17-18H,8-9,11H2,1-5H3. The monoisotopic (exact) mass is 265 g/mol. The Bertz CT molecular complexity index is 400. The number of aryl methyl sites for hydroxylation is 1. The molecule has 0 fully saturated rings. The van der Waals surface area contributed by atoms with Gasteiger partial charge in [0, 0.05) is 12.5 Å². The Hall–Kier alpha value is -1.06. The third-order valence-electron chi connectivity index (χ3n) is 3.22. The predicted molar refractivity (Wildman–Crippen MR) is 79.8 cm³/mol. The molecule has 1 rings (SSSR count). The maximum absolute atomic E-state index is 10.5. The van der Waals surface area contributed by atoms with Gasteiger partial charge in [-0.25, -0.2) is 0 Å². The molecule has 3 nitrogen and oxygen atoms in total. The van der Waals surface area contributed by atoms with Gasteiger partial charge in [0.1, 0.15) is 5.75 Å². The first kappa shape index (κ1) is 16.0. The molecule has 0 radical (unpaired) electrons. The summed E-state index contributed by atoms with van der Waals surface area (Å²) in [4.78, 5) is 0. The topological polar surface area (TPSA) is 41.5 Å². The van der Waals surface area contributed by atoms with Gasteiger partial charge < -0.3 is 15.2 Å². The van der Waals surface area contributed by atoms with Crippen LogP contribution in [0.15, 0.2) is 18.2 Å². The van der Waals surface area contributed by atoms with Gasteiger partial charge in [-0.05, 0) is 38.4 Å². The average Bonchev–Trinajstić information content (AvgIpc) is 2.27. The molecule has 0 amide bonds. The second-order valence-electron chi connectivity index (χ2n) is 5.85. The van der Waals surface area contributed by atoms with Crippen LogP contribution in [0.4, 0.5) is 0 Å². The van der Waals surface area contributed by atoms with Crippen LogP contribution in [-0.4, -0.2) is 30.4 Å². The molecule has 1 atom stereocenters. The van der Waals surface area contributed by atoms with Gasteiger partial charge in [0.15, 0.2) is 0 Å². The van der Waals surface area contributed by atoms with Crippen molar-refractivity contribution in [2.24, 2.45) is 0 Å². The summed E-state index contributed by atoms with van der Waals surface area (Å²) in [6.07, 6.45) is 1.33. The largest absolute Gasteiger partial charge is 0.496 e. The van der Waals surface area contributed by atoms with E-state index in [1.807, 2.05) is 19.1 Å². The van der Waals surface area contributed by atoms with Crippen molar-refractivity contribution in [3.05, 3.63) is 29.3 Å². The van der Waals surface area contributed by atoms with Crippen molar-refractivity contribution in [1.82, 2.24) is 5.32 Å². The average molecular weight is 265 g/mol. The number of benzene rings is 1. The Labute approximate surface area is 117 Å². The highest BCUT2D eigenvalue weighted by molar-refractivity contribution is 5.37. The van der Waals surface area contributed by atoms with Gasteiger partial charge in [-0.3, -0.25) is 0 Å². The lowest BCUT2D eigenvalue weighted by atomic mass is 9.92. The fourth-order valence-electron chi connectivity index (χ4n) is 2.17. The smallest absolute Gasteiger partial charge is 0.122 e. The first-order valence-corrected chi connectivity index (χ1v) is 6.93. The zero-order chi connectivity index (χ0) is 14.5. The van der Waals surface area contributed by atoms with Gasteiger partial charge in [-0.1, -0.05) is 31.5 Å². The van der Waals surface area contributed by atoms with Crippen molar-refractivity contribution in [3.63, 3.8) is 0 Å². The summed E-state index contributed by atoms with van der Waals surface area (Å²) < 4.78 is 5.36. The van der Waals surface area contributed by atoms with Gasteiger partial charge in [-0.15, -0.1) is 0 Å². The molecule has 0 bridgehead atoms. The van der Waals surface area contributed by atoms with Crippen molar-refractivity contribution < 1.29 is 9.84 Å². The molecule has 0 aliphatic carbocycles. The molecule has 0 saturated heterocycles. The number of rotatable bonds is 7. The van der Waals surface area contributed by atoms with Gasteiger partial charge in [0.2, 0.25) is 0 Å². The number of hydrogen-bond acceptors (Lipinski definition) is 3. The van der Waals surface area contributed by atoms with E-state index in [2.05, 4.69) is 32.2 Å². The van der Waals surface area contributed by atoms with Crippen LogP contribution in [0.3, 0.4) is 0 Å². The van der Waals surface area contributed by atoms with Crippen molar-refractivity contribution in [1.29, 1.82) is 0 Å². The molecule has 3 heteroatoms. The fraction of sp³-hybridized carbons (Fsp3) is 0.625. The van der Waals surface area contributed by atoms with E-state index in [-0.39, 0.29) is 0 Å². The highest BCUT2D eigenvalue weighted by Crippen LogP contribution is 2.25. The second kappa shape index (κ2) is 6.92. The number of aliphatic hydroxyl groups is 1. The van der Waals surface area contributed by atoms with Crippen molar-refractivity contribution in [2.45, 2.75) is 52.2 Å². The third kappa shape index (κ3) is 5.62. The summed E-state index contributed by atoms with van der Waals surface area (Å²) in [6, 6.07) is 6.53. The van der Waals surface area contributed by atoms with E-state index < -0.39 is 5.60 Å². The van der Waals surface area contributed by atoms with Crippen LogP contribution in [0.1, 0.15) is 38.3 Å². The Morgan fingerprint density at radius 2 is 2.05 bits per heavy atom. The highest BCUT2D eigenvalue weighted by Gasteiger charge is 2.22. The van der Waals surface area contributed by atoms with Crippen molar-refractivity contribution in [2.75, 3.05) is 13.7 Å². The van der Waals surface area contributed by atoms with Gasteiger partial charge in [-0.2, -0.15) is 0 Å². The molecule has 0 aliphatic heterocycles. The summed E-state index contributed by atoms with van der Waals surface area (Å²) in [5, 5.41) is 13.8. The fourth-order valence-corrected chi connectivity index (χ4v) is 2.17. The van der Waals surface area contributed by atoms with Crippen LogP contribution in [0.2, 0.25) is 0 Å². The van der Waals surface area contributed by atoms with Gasteiger partial charge >= 0.3 is 0 Å². The molecule has 1 aromatic rings. The maximum Gasteiger partial charge on any atom is 0.122 e. The molecular weight excluding hydrogens is 238 g/mol. The Morgan fingerprint density at radius 1 is 1.37 bits per heavy atom. The normalized spacial score (nSPS) is 14.5. The van der Waals surface area contributed by atoms with Crippen LogP contribution in [0.5, 0.6) is 5.75 Å². The van der Waals surface area contributed by atoms with E-state index in [1.165, 1.54) is 5.56 Å². The van der Waals surface area contributed by atoms with E-state index in [1.54, 1.807) is 7.11 Å². The lowest BCUT2D eigenvalue weighted by Crippen LogP contribution is -2.34. The summed E-state index contributed by atoms with van der Waals surface area (Å²) in [7, 11) is 1.67. The van der Waals surface area contributed by atoms with Crippen LogP contribution >= 0.6 is 0 Å². The Balaban J connectivity index is 2.68. The number of nitrogens with one attached hydrogen (secondary N) is 1. The van der Waals surface area contributed by atoms with Crippen LogP contribution in [0.25, 0.3) is 0 Å². The quantitative estimate of drug-likeness (QED) is 0.796. The maximum atomic E-state index is 10.5. The third-order valence-corrected chi connectivity index (χ3v) is 3.22. The summed E-state index contributed by atoms with van der Waals surface area (Å²) in [6.45, 7) is 8.98. The van der Waals surface area contributed by atoms with E-state index >= 15 is 0 Å². The molecule has 108 valence electrons. The van der Waals surface area contributed by atoms with Crippen LogP contribution in [0, 0.1) is 6.92 Å². The molecule has 19 heavy (non-hydrogen) atoms. The lowest BCUT2D eigenvalue weighted by Gasteiger charge is -2.25. The number of hydrogen-bond donors (Lipinski definition) is 2. The summed E-state index contributed by atoms with van der Waals surface area (Å²) >= 11 is 0. The van der Waals surface area contributed by atoms with Crippen molar-refractivity contribution in [3.8, 4) is 5.75 Å². The lowest BCUT2D eigenvalue weighted by molar-refractivity contribution is 0.0505. The SMILES string of the molecule is COc1ccc(C)cc1CC(C)(O)CCNC(C)C. The molecule has 0 saturated carbocycles. The molecule has 1 unspecified atom stereocenters. The van der Waals surface area contributed by atoms with E-state index in [0.29, 0.717) is 12.5 Å². The van der Waals surface area contributed by atoms with Crippen LogP contribution in [-0.2, 0) is 6.42 Å². The molecular formula is C16H27NO2. The molecule has 0 spiro atoms. The molecule has 0 aromatic heterocycles. The first-order valence-electron chi connectivity index (χ1n) is 6.93. The van der Waals surface area contributed by atoms with Gasteiger partial charge in [0.25, 0.3) is 0 Å². The zero-order valence-electron chi connectivity index (χ0n) is 12.8. The summed E-state index contributed by atoms with van der Waals surface area (Å²) in [5.41, 5.74) is 1.53. The highest BCUT2D eigenvalue weighted by atomic mass is 16.5. The van der Waals surface area contributed by atoms with E-state index in [9.17, 15) is 5.11 Å². The first-order chi connectivity index (χ1) is 8.84. The van der Waals surface area contributed by atoms with E-state index in [4.69, 9.17) is 4.74 Å². The molecule has 1 aromatic carbocycles. The van der Waals surface area contributed by atoms with Gasteiger partial charge in [0.05, 0.1) is 12.7 Å². The second-order valence-corrected chi connectivity index (χ2v) is 5.85. The number of ether oxygens (including phenoxy) is 1. The minimum Gasteiger partial charge on any atom is -0.496 e.